The van der Waals surface area contributed by atoms with Crippen LogP contribution in [0.1, 0.15) is 32.1 Å². The van der Waals surface area contributed by atoms with Gasteiger partial charge in [0.05, 0.1) is 0 Å². The number of benzene rings is 1. The van der Waals surface area contributed by atoms with Crippen LogP contribution in [0, 0.1) is 5.92 Å². The predicted octanol–water partition coefficient (Wildman–Crippen LogP) is 5.13. The first-order chi connectivity index (χ1) is 15.3. The van der Waals surface area contributed by atoms with Crippen molar-refractivity contribution in [1.29, 1.82) is 0 Å². The molecular weight excluding hydrogens is 437 g/mol. The zero-order valence-electron chi connectivity index (χ0n) is 18.4. The lowest BCUT2D eigenvalue weighted by molar-refractivity contribution is -0.215. The number of thiophene rings is 1. The molecule has 0 atom stereocenters. The highest BCUT2D eigenvalue weighted by Crippen LogP contribution is 2.32. The van der Waals surface area contributed by atoms with Crippen LogP contribution >= 0.6 is 11.3 Å². The predicted molar refractivity (Wildman–Crippen MR) is 123 cm³/mol. The molecule has 0 unspecified atom stereocenters. The molecule has 1 N–H and O–H groups in total. The van der Waals surface area contributed by atoms with Crippen molar-refractivity contribution in [3.63, 3.8) is 0 Å². The fourth-order valence-electron chi connectivity index (χ4n) is 4.81. The molecule has 2 aliphatic rings. The van der Waals surface area contributed by atoms with Crippen LogP contribution in [0.5, 0.6) is 0 Å². The van der Waals surface area contributed by atoms with Gasteiger partial charge in [-0.2, -0.15) is 0 Å². The van der Waals surface area contributed by atoms with Crippen molar-refractivity contribution in [3.8, 4) is 0 Å². The van der Waals surface area contributed by atoms with Gasteiger partial charge in [-0.25, -0.2) is 9.69 Å². The number of nitrogens with one attached hydrogen (secondary N) is 1. The Labute approximate surface area is 191 Å². The fraction of sp³-hybridized carbons (Fsp3) is 0.609. The number of carbonyl (C=O) groups excluding carboxylic acids is 1. The lowest BCUT2D eigenvalue weighted by Crippen LogP contribution is -2.49. The first-order valence-corrected chi connectivity index (χ1v) is 12.2. The summed E-state index contributed by atoms with van der Waals surface area (Å²) in [6, 6.07) is 7.52. The molecule has 1 aromatic carbocycles. The number of rotatable bonds is 5. The average molecular weight is 469 g/mol. The van der Waals surface area contributed by atoms with E-state index in [-0.39, 0.29) is 10.9 Å². The zero-order chi connectivity index (χ0) is 22.7. The van der Waals surface area contributed by atoms with E-state index < -0.39 is 12.3 Å². The Balaban J connectivity index is 1.16. The van der Waals surface area contributed by atoms with Crippen molar-refractivity contribution in [1.82, 2.24) is 15.1 Å². The molecule has 1 saturated heterocycles. The van der Waals surface area contributed by atoms with Crippen molar-refractivity contribution in [2.24, 2.45) is 5.92 Å². The number of fused-ring (bicyclic) bond motifs is 1. The molecule has 0 bridgehead atoms. The molecule has 1 aliphatic heterocycles. The number of hydrogen-bond donors (Lipinski definition) is 1. The van der Waals surface area contributed by atoms with E-state index in [1.54, 1.807) is 11.3 Å². The van der Waals surface area contributed by atoms with Crippen molar-refractivity contribution in [2.75, 3.05) is 44.7 Å². The molecule has 2 amide bonds. The van der Waals surface area contributed by atoms with E-state index in [1.807, 2.05) is 0 Å². The summed E-state index contributed by atoms with van der Waals surface area (Å²) in [5.74, 6) is 0.584. The number of piperazine rings is 1. The van der Waals surface area contributed by atoms with Gasteiger partial charge >= 0.3 is 12.3 Å². The SMILES string of the molecule is CN(C(=O)N[C@H]1CC[C@H](CCN2CCN(c3cccc4sccc34)CC2)CC1)C(F)(F)F. The summed E-state index contributed by atoms with van der Waals surface area (Å²) in [6.45, 7) is 5.22. The number of alkyl halides is 3. The van der Waals surface area contributed by atoms with Gasteiger partial charge in [0.1, 0.15) is 0 Å². The van der Waals surface area contributed by atoms with Crippen LogP contribution in [0.25, 0.3) is 10.1 Å². The molecule has 4 rings (SSSR count). The quantitative estimate of drug-likeness (QED) is 0.618. The maximum atomic E-state index is 12.6. The molecule has 176 valence electrons. The number of urea groups is 1. The number of anilines is 1. The normalized spacial score (nSPS) is 22.8. The third kappa shape index (κ3) is 5.49. The van der Waals surface area contributed by atoms with E-state index in [4.69, 9.17) is 0 Å². The highest BCUT2D eigenvalue weighted by Gasteiger charge is 2.38. The Hall–Kier alpha value is -2.00. The highest BCUT2D eigenvalue weighted by molar-refractivity contribution is 7.17. The summed E-state index contributed by atoms with van der Waals surface area (Å²) in [7, 11) is 0.765. The molecule has 2 aromatic rings. The Morgan fingerprint density at radius 1 is 1.12 bits per heavy atom. The van der Waals surface area contributed by atoms with E-state index in [0.29, 0.717) is 5.92 Å². The van der Waals surface area contributed by atoms with Gasteiger partial charge < -0.3 is 10.2 Å². The number of amides is 2. The maximum Gasteiger partial charge on any atom is 0.488 e. The molecule has 9 heteroatoms. The van der Waals surface area contributed by atoms with Crippen LogP contribution < -0.4 is 10.2 Å². The number of carbonyl (C=O) groups is 1. The third-order valence-corrected chi connectivity index (χ3v) is 7.78. The standard InChI is InChI=1S/C23H31F3N4OS/c1-28(23(24,25)26)22(31)27-18-7-5-17(6-8-18)9-11-29-12-14-30(15-13-29)20-3-2-4-21-19(20)10-16-32-21/h2-4,10,16-18H,5-9,11-15H2,1H3,(H,27,31)/t17-,18-. The number of nitrogens with zero attached hydrogens (tertiary/aromatic N) is 3. The van der Waals surface area contributed by atoms with Gasteiger partial charge in [-0.3, -0.25) is 4.90 Å². The van der Waals surface area contributed by atoms with Crippen LogP contribution in [0.2, 0.25) is 0 Å². The summed E-state index contributed by atoms with van der Waals surface area (Å²) in [5, 5.41) is 6.03. The lowest BCUT2D eigenvalue weighted by atomic mass is 9.84. The fourth-order valence-corrected chi connectivity index (χ4v) is 5.62. The molecule has 2 heterocycles. The van der Waals surface area contributed by atoms with Crippen molar-refractivity contribution in [2.45, 2.75) is 44.4 Å². The molecule has 2 fully saturated rings. The third-order valence-electron chi connectivity index (χ3n) is 6.90. The second-order valence-electron chi connectivity index (χ2n) is 8.92. The van der Waals surface area contributed by atoms with Gasteiger partial charge in [0.15, 0.2) is 0 Å². The van der Waals surface area contributed by atoms with E-state index >= 15 is 0 Å². The maximum absolute atomic E-state index is 12.6. The van der Waals surface area contributed by atoms with Gasteiger partial charge in [0, 0.05) is 55.0 Å². The zero-order valence-corrected chi connectivity index (χ0v) is 19.2. The van der Waals surface area contributed by atoms with E-state index in [1.165, 1.54) is 15.8 Å². The summed E-state index contributed by atoms with van der Waals surface area (Å²) >= 11 is 1.78. The van der Waals surface area contributed by atoms with Crippen LogP contribution in [0.4, 0.5) is 23.7 Å². The Morgan fingerprint density at radius 3 is 2.53 bits per heavy atom. The van der Waals surface area contributed by atoms with Gasteiger partial charge in [0.25, 0.3) is 0 Å². The monoisotopic (exact) mass is 468 g/mol. The van der Waals surface area contributed by atoms with Crippen molar-refractivity contribution in [3.05, 3.63) is 29.6 Å². The van der Waals surface area contributed by atoms with Crippen molar-refractivity contribution < 1.29 is 18.0 Å². The number of hydrogen-bond acceptors (Lipinski definition) is 4. The summed E-state index contributed by atoms with van der Waals surface area (Å²) in [5.41, 5.74) is 1.33. The Morgan fingerprint density at radius 2 is 1.84 bits per heavy atom. The van der Waals surface area contributed by atoms with Gasteiger partial charge in [-0.1, -0.05) is 6.07 Å². The molecule has 1 aliphatic carbocycles. The van der Waals surface area contributed by atoms with Gasteiger partial charge in [0.2, 0.25) is 0 Å². The van der Waals surface area contributed by atoms with Gasteiger partial charge in [-0.05, 0) is 68.1 Å². The van der Waals surface area contributed by atoms with Gasteiger partial charge in [-0.15, -0.1) is 24.5 Å². The molecule has 5 nitrogen and oxygen atoms in total. The topological polar surface area (TPSA) is 38.8 Å². The molecule has 1 saturated carbocycles. The minimum absolute atomic E-state index is 0.160. The first kappa shape index (κ1) is 23.2. The van der Waals surface area contributed by atoms with E-state index in [2.05, 4.69) is 44.8 Å². The minimum atomic E-state index is -4.64. The van der Waals surface area contributed by atoms with Crippen LogP contribution in [0.3, 0.4) is 0 Å². The summed E-state index contributed by atoms with van der Waals surface area (Å²) < 4.78 is 39.2. The van der Waals surface area contributed by atoms with Crippen LogP contribution in [-0.2, 0) is 0 Å². The lowest BCUT2D eigenvalue weighted by Gasteiger charge is -2.37. The summed E-state index contributed by atoms with van der Waals surface area (Å²) in [6.07, 6.45) is -0.104. The Bertz CT molecular complexity index is 902. The van der Waals surface area contributed by atoms with E-state index in [0.717, 1.165) is 71.9 Å². The highest BCUT2D eigenvalue weighted by atomic mass is 32.1. The largest absolute Gasteiger partial charge is 0.488 e. The molecule has 0 radical (unpaired) electrons. The summed E-state index contributed by atoms with van der Waals surface area (Å²) in [4.78, 5) is 16.6. The smallest absolute Gasteiger partial charge is 0.368 e. The van der Waals surface area contributed by atoms with Crippen molar-refractivity contribution >= 4 is 33.1 Å². The van der Waals surface area contributed by atoms with Crippen LogP contribution in [0.15, 0.2) is 29.6 Å². The van der Waals surface area contributed by atoms with E-state index in [9.17, 15) is 18.0 Å². The average Bonchev–Trinajstić information content (AvgIpc) is 3.27. The number of halogens is 3. The molecule has 1 aromatic heterocycles. The minimum Gasteiger partial charge on any atom is -0.368 e. The Kier molecular flexibility index (Phi) is 7.14. The van der Waals surface area contributed by atoms with Crippen LogP contribution in [-0.4, -0.2) is 67.9 Å². The molecule has 0 spiro atoms. The first-order valence-electron chi connectivity index (χ1n) is 11.4. The molecular formula is C23H31F3N4OS. The molecule has 32 heavy (non-hydrogen) atoms. The second-order valence-corrected chi connectivity index (χ2v) is 9.87. The second kappa shape index (κ2) is 9.87.